The summed E-state index contributed by atoms with van der Waals surface area (Å²) in [5, 5.41) is 9.07. The lowest BCUT2D eigenvalue weighted by atomic mass is 9.93. The van der Waals surface area contributed by atoms with E-state index in [9.17, 15) is 9.59 Å². The van der Waals surface area contributed by atoms with Crippen LogP contribution in [-0.4, -0.2) is 28.2 Å². The second-order valence-corrected chi connectivity index (χ2v) is 5.24. The van der Waals surface area contributed by atoms with Crippen molar-refractivity contribution in [2.24, 2.45) is 5.73 Å². The van der Waals surface area contributed by atoms with Gasteiger partial charge in [0.1, 0.15) is 5.60 Å². The monoisotopic (exact) mass is 245 g/mol. The molecule has 0 aromatic carbocycles. The van der Waals surface area contributed by atoms with Crippen molar-refractivity contribution >= 4 is 11.9 Å². The van der Waals surface area contributed by atoms with Gasteiger partial charge in [0.05, 0.1) is 0 Å². The van der Waals surface area contributed by atoms with Crippen LogP contribution in [0.5, 0.6) is 0 Å². The molecule has 100 valence electrons. The van der Waals surface area contributed by atoms with Gasteiger partial charge in [0.25, 0.3) is 0 Å². The van der Waals surface area contributed by atoms with E-state index >= 15 is 0 Å². The summed E-state index contributed by atoms with van der Waals surface area (Å²) in [5.41, 5.74) is 3.00. The molecule has 0 rings (SSSR count). The Morgan fingerprint density at radius 2 is 1.76 bits per heavy atom. The topological polar surface area (TPSA) is 89.6 Å². The third-order valence-corrected chi connectivity index (χ3v) is 2.32. The molecule has 0 saturated carbocycles. The summed E-state index contributed by atoms with van der Waals surface area (Å²) in [7, 11) is 0. The predicted octanol–water partition coefficient (Wildman–Crippen LogP) is 1.69. The Morgan fingerprint density at radius 3 is 2.12 bits per heavy atom. The van der Waals surface area contributed by atoms with E-state index < -0.39 is 23.1 Å². The van der Waals surface area contributed by atoms with Crippen molar-refractivity contribution in [3.05, 3.63) is 0 Å². The molecule has 0 aliphatic carbocycles. The lowest BCUT2D eigenvalue weighted by Gasteiger charge is -2.28. The standard InChI is InChI=1S/C12H23NO4/c1-5-6-7-8-12(13,9(14)15)10(16)17-11(2,3)4/h5-8,13H2,1-4H3,(H,14,15). The number of esters is 1. The number of aliphatic carboxylic acids is 1. The molecule has 0 aliphatic rings. The molecular weight excluding hydrogens is 222 g/mol. The molecule has 0 spiro atoms. The highest BCUT2D eigenvalue weighted by atomic mass is 16.6. The SMILES string of the molecule is CCCCCC(N)(C(=O)O)C(=O)OC(C)(C)C. The molecule has 0 saturated heterocycles. The summed E-state index contributed by atoms with van der Waals surface area (Å²) in [5.74, 6) is -2.20. The minimum Gasteiger partial charge on any atom is -0.479 e. The first-order valence-corrected chi connectivity index (χ1v) is 5.89. The zero-order chi connectivity index (χ0) is 13.7. The first-order chi connectivity index (χ1) is 7.63. The maximum Gasteiger partial charge on any atom is 0.338 e. The second-order valence-electron chi connectivity index (χ2n) is 5.24. The molecular formula is C12H23NO4. The molecule has 0 aromatic rings. The van der Waals surface area contributed by atoms with Crippen LogP contribution in [0.3, 0.4) is 0 Å². The van der Waals surface area contributed by atoms with Crippen molar-refractivity contribution in [3.8, 4) is 0 Å². The highest BCUT2D eigenvalue weighted by Gasteiger charge is 2.44. The summed E-state index contributed by atoms with van der Waals surface area (Å²) in [6.07, 6.45) is 2.47. The van der Waals surface area contributed by atoms with E-state index in [1.807, 2.05) is 6.92 Å². The van der Waals surface area contributed by atoms with Crippen molar-refractivity contribution < 1.29 is 19.4 Å². The van der Waals surface area contributed by atoms with Gasteiger partial charge in [-0.1, -0.05) is 26.2 Å². The van der Waals surface area contributed by atoms with Crippen molar-refractivity contribution in [1.29, 1.82) is 0 Å². The number of carboxylic acids is 1. The number of rotatable bonds is 6. The summed E-state index contributed by atoms with van der Waals surface area (Å²) in [6.45, 7) is 7.03. The highest BCUT2D eigenvalue weighted by molar-refractivity contribution is 6.03. The van der Waals surface area contributed by atoms with Gasteiger partial charge in [-0.3, -0.25) is 0 Å². The largest absolute Gasteiger partial charge is 0.479 e. The Morgan fingerprint density at radius 1 is 1.24 bits per heavy atom. The zero-order valence-electron chi connectivity index (χ0n) is 11.1. The van der Waals surface area contributed by atoms with Crippen molar-refractivity contribution in [2.75, 3.05) is 0 Å². The molecule has 5 heteroatoms. The van der Waals surface area contributed by atoms with E-state index in [2.05, 4.69) is 0 Å². The van der Waals surface area contributed by atoms with Gasteiger partial charge in [-0.05, 0) is 27.2 Å². The molecule has 1 unspecified atom stereocenters. The van der Waals surface area contributed by atoms with Gasteiger partial charge < -0.3 is 15.6 Å². The van der Waals surface area contributed by atoms with Crippen LogP contribution in [0.25, 0.3) is 0 Å². The molecule has 0 amide bonds. The van der Waals surface area contributed by atoms with Crippen molar-refractivity contribution in [3.63, 3.8) is 0 Å². The highest BCUT2D eigenvalue weighted by Crippen LogP contribution is 2.19. The van der Waals surface area contributed by atoms with Gasteiger partial charge in [0, 0.05) is 0 Å². The third kappa shape index (κ3) is 5.17. The Labute approximate surface area is 102 Å². The third-order valence-electron chi connectivity index (χ3n) is 2.32. The predicted molar refractivity (Wildman–Crippen MR) is 64.5 cm³/mol. The van der Waals surface area contributed by atoms with Crippen molar-refractivity contribution in [1.82, 2.24) is 0 Å². The van der Waals surface area contributed by atoms with Gasteiger partial charge in [-0.15, -0.1) is 0 Å². The van der Waals surface area contributed by atoms with E-state index in [4.69, 9.17) is 15.6 Å². The van der Waals surface area contributed by atoms with Crippen LogP contribution in [0.2, 0.25) is 0 Å². The smallest absolute Gasteiger partial charge is 0.338 e. The van der Waals surface area contributed by atoms with E-state index in [1.165, 1.54) is 0 Å². The van der Waals surface area contributed by atoms with E-state index in [0.29, 0.717) is 6.42 Å². The molecule has 0 fully saturated rings. The summed E-state index contributed by atoms with van der Waals surface area (Å²) in [4.78, 5) is 22.9. The van der Waals surface area contributed by atoms with Crippen LogP contribution in [0, 0.1) is 0 Å². The number of hydrogen-bond acceptors (Lipinski definition) is 4. The van der Waals surface area contributed by atoms with Crippen LogP contribution < -0.4 is 5.73 Å². The van der Waals surface area contributed by atoms with E-state index in [0.717, 1.165) is 12.8 Å². The molecule has 0 radical (unpaired) electrons. The molecule has 0 bridgehead atoms. The fraction of sp³-hybridized carbons (Fsp3) is 0.833. The number of ether oxygens (including phenoxy) is 1. The average molecular weight is 245 g/mol. The quantitative estimate of drug-likeness (QED) is 0.422. The van der Waals surface area contributed by atoms with E-state index in [1.54, 1.807) is 20.8 Å². The molecule has 0 aromatic heterocycles. The second kappa shape index (κ2) is 6.00. The normalized spacial score (nSPS) is 15.1. The summed E-state index contributed by atoms with van der Waals surface area (Å²) >= 11 is 0. The molecule has 5 nitrogen and oxygen atoms in total. The van der Waals surface area contributed by atoms with Gasteiger partial charge in [-0.25, -0.2) is 9.59 Å². The van der Waals surface area contributed by atoms with Gasteiger partial charge >= 0.3 is 11.9 Å². The Hall–Kier alpha value is -1.10. The van der Waals surface area contributed by atoms with Crippen LogP contribution in [0.1, 0.15) is 53.4 Å². The van der Waals surface area contributed by atoms with Crippen molar-refractivity contribution in [2.45, 2.75) is 64.5 Å². The van der Waals surface area contributed by atoms with Crippen LogP contribution in [0.15, 0.2) is 0 Å². The van der Waals surface area contributed by atoms with Gasteiger partial charge in [0.2, 0.25) is 5.54 Å². The number of carbonyl (C=O) groups is 2. The van der Waals surface area contributed by atoms with Crippen LogP contribution in [-0.2, 0) is 14.3 Å². The first-order valence-electron chi connectivity index (χ1n) is 5.89. The maximum atomic E-state index is 11.8. The number of carboxylic acid groups (broad SMARTS) is 1. The number of carbonyl (C=O) groups excluding carboxylic acids is 1. The number of unbranched alkanes of at least 4 members (excludes halogenated alkanes) is 2. The molecule has 0 heterocycles. The van der Waals surface area contributed by atoms with E-state index in [-0.39, 0.29) is 6.42 Å². The molecule has 1 atom stereocenters. The lowest BCUT2D eigenvalue weighted by molar-refractivity contribution is -0.169. The Kier molecular flexibility index (Phi) is 5.61. The van der Waals surface area contributed by atoms with Crippen LogP contribution >= 0.6 is 0 Å². The lowest BCUT2D eigenvalue weighted by Crippen LogP contribution is -2.57. The van der Waals surface area contributed by atoms with Gasteiger partial charge in [-0.2, -0.15) is 0 Å². The van der Waals surface area contributed by atoms with Gasteiger partial charge in [0.15, 0.2) is 0 Å². The molecule has 0 aliphatic heterocycles. The maximum absolute atomic E-state index is 11.8. The number of nitrogens with two attached hydrogens (primary N) is 1. The summed E-state index contributed by atoms with van der Waals surface area (Å²) in [6, 6.07) is 0. The Balaban J connectivity index is 4.70. The fourth-order valence-electron chi connectivity index (χ4n) is 1.32. The minimum absolute atomic E-state index is 0.102. The minimum atomic E-state index is -1.93. The molecule has 3 N–H and O–H groups in total. The fourth-order valence-corrected chi connectivity index (χ4v) is 1.32. The Bertz CT molecular complexity index is 283. The molecule has 17 heavy (non-hydrogen) atoms. The zero-order valence-corrected chi connectivity index (χ0v) is 11.1. The summed E-state index contributed by atoms with van der Waals surface area (Å²) < 4.78 is 5.05. The first kappa shape index (κ1) is 15.9. The number of hydrogen-bond donors (Lipinski definition) is 2. The average Bonchev–Trinajstić information content (AvgIpc) is 2.14. The van der Waals surface area contributed by atoms with Crippen LogP contribution in [0.4, 0.5) is 0 Å².